The summed E-state index contributed by atoms with van der Waals surface area (Å²) in [5, 5.41) is 0. The Labute approximate surface area is 134 Å². The van der Waals surface area contributed by atoms with Crippen LogP contribution in [0.4, 0.5) is 0 Å². The maximum atomic E-state index is 13.0. The Morgan fingerprint density at radius 3 is 2.64 bits per heavy atom. The van der Waals surface area contributed by atoms with E-state index in [0.717, 1.165) is 77.9 Å². The van der Waals surface area contributed by atoms with Crippen LogP contribution in [0.25, 0.3) is 0 Å². The maximum Gasteiger partial charge on any atom is 0.226 e. The summed E-state index contributed by atoms with van der Waals surface area (Å²) in [7, 11) is 0. The molecule has 1 saturated carbocycles. The number of piperidine rings is 1. The van der Waals surface area contributed by atoms with Gasteiger partial charge in [-0.05, 0) is 38.5 Å². The van der Waals surface area contributed by atoms with E-state index in [1.165, 1.54) is 6.42 Å². The third-order valence-electron chi connectivity index (χ3n) is 5.55. The molecule has 0 aromatic carbocycles. The molecule has 1 amide bonds. The highest BCUT2D eigenvalue weighted by atomic mass is 16.5. The predicted octanol–water partition coefficient (Wildman–Crippen LogP) is 1.22. The van der Waals surface area contributed by atoms with Gasteiger partial charge in [-0.2, -0.15) is 0 Å². The molecule has 0 bridgehead atoms. The third-order valence-corrected chi connectivity index (χ3v) is 5.55. The van der Waals surface area contributed by atoms with E-state index in [2.05, 4.69) is 9.80 Å². The first-order chi connectivity index (χ1) is 10.7. The van der Waals surface area contributed by atoms with Crippen LogP contribution in [0.5, 0.6) is 0 Å². The number of rotatable bonds is 3. The molecule has 2 heterocycles. The van der Waals surface area contributed by atoms with Crippen LogP contribution in [0, 0.1) is 5.92 Å². The monoisotopic (exact) mass is 309 g/mol. The zero-order valence-electron chi connectivity index (χ0n) is 13.7. The summed E-state index contributed by atoms with van der Waals surface area (Å²) in [6.45, 7) is 5.64. The second-order valence-corrected chi connectivity index (χ2v) is 7.22. The van der Waals surface area contributed by atoms with Crippen molar-refractivity contribution in [2.24, 2.45) is 11.7 Å². The van der Waals surface area contributed by atoms with E-state index < -0.39 is 0 Å². The lowest BCUT2D eigenvalue weighted by molar-refractivity contribution is -0.141. The van der Waals surface area contributed by atoms with Gasteiger partial charge in [0.05, 0.1) is 13.2 Å². The lowest BCUT2D eigenvalue weighted by Gasteiger charge is -2.42. The fourth-order valence-electron chi connectivity index (χ4n) is 4.25. The zero-order valence-corrected chi connectivity index (χ0v) is 13.7. The van der Waals surface area contributed by atoms with Crippen molar-refractivity contribution in [3.63, 3.8) is 0 Å². The minimum Gasteiger partial charge on any atom is -0.379 e. The van der Waals surface area contributed by atoms with Crippen LogP contribution >= 0.6 is 0 Å². The number of carbonyl (C=O) groups excluding carboxylic acids is 1. The van der Waals surface area contributed by atoms with Gasteiger partial charge in [-0.15, -0.1) is 0 Å². The minimum absolute atomic E-state index is 0.175. The molecule has 22 heavy (non-hydrogen) atoms. The molecule has 0 aromatic heterocycles. The molecule has 0 radical (unpaired) electrons. The second kappa shape index (κ2) is 7.75. The summed E-state index contributed by atoms with van der Waals surface area (Å²) in [6.07, 6.45) is 7.68. The molecule has 5 nitrogen and oxygen atoms in total. The zero-order chi connectivity index (χ0) is 15.4. The van der Waals surface area contributed by atoms with E-state index in [1.54, 1.807) is 0 Å². The summed E-state index contributed by atoms with van der Waals surface area (Å²) in [4.78, 5) is 17.6. The van der Waals surface area contributed by atoms with Gasteiger partial charge in [-0.25, -0.2) is 0 Å². The molecular weight excluding hydrogens is 278 g/mol. The summed E-state index contributed by atoms with van der Waals surface area (Å²) in [5.74, 6) is 0.558. The molecule has 2 aliphatic heterocycles. The quantitative estimate of drug-likeness (QED) is 0.851. The number of ether oxygens (including phenoxy) is 1. The van der Waals surface area contributed by atoms with Crippen molar-refractivity contribution in [3.8, 4) is 0 Å². The van der Waals surface area contributed by atoms with Crippen LogP contribution in [0.15, 0.2) is 0 Å². The smallest absolute Gasteiger partial charge is 0.226 e. The Kier molecular flexibility index (Phi) is 5.71. The fraction of sp³-hybridized carbons (Fsp3) is 0.941. The first-order valence-electron chi connectivity index (χ1n) is 9.10. The summed E-state index contributed by atoms with van der Waals surface area (Å²) in [6, 6.07) is 0.627. The van der Waals surface area contributed by atoms with E-state index in [0.29, 0.717) is 11.9 Å². The topological polar surface area (TPSA) is 58.8 Å². The highest BCUT2D eigenvalue weighted by Gasteiger charge is 2.34. The van der Waals surface area contributed by atoms with Crippen LogP contribution in [0.3, 0.4) is 0 Å². The van der Waals surface area contributed by atoms with Crippen LogP contribution in [-0.2, 0) is 9.53 Å². The van der Waals surface area contributed by atoms with Crippen molar-refractivity contribution in [2.75, 3.05) is 39.4 Å². The Morgan fingerprint density at radius 2 is 1.86 bits per heavy atom. The molecule has 126 valence electrons. The largest absolute Gasteiger partial charge is 0.379 e. The van der Waals surface area contributed by atoms with E-state index in [-0.39, 0.29) is 12.0 Å². The first-order valence-corrected chi connectivity index (χ1v) is 9.10. The van der Waals surface area contributed by atoms with Gasteiger partial charge in [0.1, 0.15) is 0 Å². The Hall–Kier alpha value is -0.650. The van der Waals surface area contributed by atoms with Gasteiger partial charge in [-0.3, -0.25) is 9.69 Å². The molecule has 3 unspecified atom stereocenters. The Morgan fingerprint density at radius 1 is 1.05 bits per heavy atom. The van der Waals surface area contributed by atoms with Gasteiger partial charge in [0.2, 0.25) is 5.91 Å². The van der Waals surface area contributed by atoms with Crippen LogP contribution < -0.4 is 5.73 Å². The minimum atomic E-state index is 0.175. The third kappa shape index (κ3) is 4.00. The lowest BCUT2D eigenvalue weighted by Crippen LogP contribution is -2.53. The predicted molar refractivity (Wildman–Crippen MR) is 86.5 cm³/mol. The van der Waals surface area contributed by atoms with Crippen molar-refractivity contribution in [1.29, 1.82) is 0 Å². The number of hydrogen-bond donors (Lipinski definition) is 1. The molecule has 3 fully saturated rings. The molecule has 0 spiro atoms. The lowest BCUT2D eigenvalue weighted by atomic mass is 9.84. The molecule has 5 heteroatoms. The van der Waals surface area contributed by atoms with Gasteiger partial charge in [-0.1, -0.05) is 6.42 Å². The van der Waals surface area contributed by atoms with E-state index >= 15 is 0 Å². The van der Waals surface area contributed by atoms with Crippen molar-refractivity contribution in [3.05, 3.63) is 0 Å². The Balaban J connectivity index is 1.59. The van der Waals surface area contributed by atoms with Gasteiger partial charge in [0.25, 0.3) is 0 Å². The fourth-order valence-corrected chi connectivity index (χ4v) is 4.25. The molecule has 3 rings (SSSR count). The molecular formula is C17H31N3O2. The number of carbonyl (C=O) groups is 1. The number of likely N-dealkylation sites (tertiary alicyclic amines) is 1. The van der Waals surface area contributed by atoms with Crippen LogP contribution in [0.2, 0.25) is 0 Å². The van der Waals surface area contributed by atoms with Crippen LogP contribution in [0.1, 0.15) is 44.9 Å². The van der Waals surface area contributed by atoms with Gasteiger partial charge < -0.3 is 15.4 Å². The molecule has 3 aliphatic rings. The van der Waals surface area contributed by atoms with E-state index in [9.17, 15) is 4.79 Å². The first kappa shape index (κ1) is 16.2. The number of hydrogen-bond acceptors (Lipinski definition) is 4. The average molecular weight is 309 g/mol. The van der Waals surface area contributed by atoms with E-state index in [1.807, 2.05) is 0 Å². The molecule has 0 aromatic rings. The average Bonchev–Trinajstić information content (AvgIpc) is 2.56. The standard InChI is InChI=1S/C17H31N3O2/c18-15-5-3-4-14(12-15)17(21)20-7-2-1-6-16(20)13-19-8-10-22-11-9-19/h14-16H,1-13,18H2. The van der Waals surface area contributed by atoms with Crippen molar-refractivity contribution >= 4 is 5.91 Å². The summed E-state index contributed by atoms with van der Waals surface area (Å²) < 4.78 is 5.43. The maximum absolute atomic E-state index is 13.0. The number of nitrogens with zero attached hydrogens (tertiary/aromatic N) is 2. The SMILES string of the molecule is NC1CCCC(C(=O)N2CCCCC2CN2CCOCC2)C1. The van der Waals surface area contributed by atoms with Gasteiger partial charge in [0, 0.05) is 44.2 Å². The molecule has 2 saturated heterocycles. The summed E-state index contributed by atoms with van der Waals surface area (Å²) in [5.41, 5.74) is 6.08. The van der Waals surface area contributed by atoms with Gasteiger partial charge >= 0.3 is 0 Å². The van der Waals surface area contributed by atoms with Crippen molar-refractivity contribution in [2.45, 2.75) is 57.0 Å². The Bertz CT molecular complexity index is 371. The normalized spacial score (nSPS) is 34.6. The van der Waals surface area contributed by atoms with Crippen molar-refractivity contribution in [1.82, 2.24) is 9.80 Å². The number of morpholine rings is 1. The van der Waals surface area contributed by atoms with Gasteiger partial charge in [0.15, 0.2) is 0 Å². The second-order valence-electron chi connectivity index (χ2n) is 7.22. The van der Waals surface area contributed by atoms with E-state index in [4.69, 9.17) is 10.5 Å². The highest BCUT2D eigenvalue weighted by Crippen LogP contribution is 2.28. The van der Waals surface area contributed by atoms with Crippen molar-refractivity contribution < 1.29 is 9.53 Å². The molecule has 1 aliphatic carbocycles. The number of amides is 1. The highest BCUT2D eigenvalue weighted by molar-refractivity contribution is 5.79. The van der Waals surface area contributed by atoms with Crippen LogP contribution in [-0.4, -0.2) is 67.2 Å². The number of nitrogens with two attached hydrogens (primary N) is 1. The molecule has 2 N–H and O–H groups in total. The molecule has 3 atom stereocenters. The summed E-state index contributed by atoms with van der Waals surface area (Å²) >= 11 is 0.